The lowest BCUT2D eigenvalue weighted by Gasteiger charge is -2.39. The number of carbonyl (C=O) groups is 3. The zero-order valence-electron chi connectivity index (χ0n) is 31.8. The minimum atomic E-state index is -1.09. The van der Waals surface area contributed by atoms with Crippen molar-refractivity contribution in [1.29, 1.82) is 0 Å². The second-order valence-corrected chi connectivity index (χ2v) is 13.5. The number of methoxy groups -OCH3 is 5. The molecule has 1 aliphatic heterocycles. The van der Waals surface area contributed by atoms with Crippen LogP contribution in [-0.2, 0) is 20.8 Å². The van der Waals surface area contributed by atoms with E-state index in [1.807, 2.05) is 36.4 Å². The van der Waals surface area contributed by atoms with Crippen molar-refractivity contribution in [3.63, 3.8) is 0 Å². The Hall–Kier alpha value is -5.39. The number of amides is 2. The van der Waals surface area contributed by atoms with Crippen LogP contribution >= 0.6 is 0 Å². The van der Waals surface area contributed by atoms with Gasteiger partial charge in [-0.2, -0.15) is 0 Å². The number of carbonyl (C=O) groups excluding carboxylic acids is 2. The van der Waals surface area contributed by atoms with Crippen LogP contribution in [0, 0.1) is 5.92 Å². The zero-order valence-corrected chi connectivity index (χ0v) is 31.8. The maximum Gasteiger partial charge on any atom is 0.341 e. The van der Waals surface area contributed by atoms with Crippen LogP contribution in [0.15, 0.2) is 66.7 Å². The van der Waals surface area contributed by atoms with Crippen molar-refractivity contribution in [1.82, 2.24) is 10.2 Å². The van der Waals surface area contributed by atoms with E-state index in [4.69, 9.17) is 28.4 Å². The standard InChI is InChI=1S/C42H52N2O10/c1-49-34-20-18-27(22-35(34)50-2)17-19-32(29-14-11-15-31(23-29)54-26-38(45)46)43-41(47)33-16-9-10-21-44(33)42(48)39(28-12-7-6-8-13-28)30-24-36(51-3)40(53-5)37(25-30)52-4/h7,11-12,14-15,18,20,22-25,28,32-33,39H,6,8-10,13,16-17,19,21,26H2,1-5H3,(H,43,47)(H,45,46)/t28?,32?,33-,39-/m0/s1. The molecule has 12 heteroatoms. The van der Waals surface area contributed by atoms with E-state index in [0.29, 0.717) is 60.3 Å². The topological polar surface area (TPSA) is 142 Å². The largest absolute Gasteiger partial charge is 0.493 e. The zero-order chi connectivity index (χ0) is 38.6. The van der Waals surface area contributed by atoms with Gasteiger partial charge in [0, 0.05) is 6.54 Å². The van der Waals surface area contributed by atoms with Gasteiger partial charge in [0.25, 0.3) is 0 Å². The highest BCUT2D eigenvalue weighted by Crippen LogP contribution is 2.44. The number of likely N-dealkylation sites (tertiary alicyclic amines) is 1. The monoisotopic (exact) mass is 744 g/mol. The molecule has 54 heavy (non-hydrogen) atoms. The van der Waals surface area contributed by atoms with E-state index in [-0.39, 0.29) is 17.7 Å². The third kappa shape index (κ3) is 9.58. The van der Waals surface area contributed by atoms with E-state index in [1.165, 1.54) is 0 Å². The second-order valence-electron chi connectivity index (χ2n) is 13.5. The highest BCUT2D eigenvalue weighted by atomic mass is 16.5. The van der Waals surface area contributed by atoms with Crippen LogP contribution in [0.25, 0.3) is 0 Å². The lowest BCUT2D eigenvalue weighted by atomic mass is 9.78. The molecule has 2 unspecified atom stereocenters. The van der Waals surface area contributed by atoms with Crippen molar-refractivity contribution in [3.8, 4) is 34.5 Å². The molecular weight excluding hydrogens is 692 g/mol. The Morgan fingerprint density at radius 1 is 0.815 bits per heavy atom. The highest BCUT2D eigenvalue weighted by Gasteiger charge is 2.40. The first-order valence-electron chi connectivity index (χ1n) is 18.4. The van der Waals surface area contributed by atoms with Crippen molar-refractivity contribution < 1.29 is 47.9 Å². The molecule has 290 valence electrons. The molecule has 0 aromatic heterocycles. The van der Waals surface area contributed by atoms with Crippen molar-refractivity contribution in [3.05, 3.63) is 83.4 Å². The van der Waals surface area contributed by atoms with Gasteiger partial charge in [-0.1, -0.05) is 30.4 Å². The van der Waals surface area contributed by atoms with Gasteiger partial charge in [-0.25, -0.2) is 4.79 Å². The number of nitrogens with zero attached hydrogens (tertiary/aromatic N) is 1. The molecule has 1 fully saturated rings. The Kier molecular flexibility index (Phi) is 14.1. The van der Waals surface area contributed by atoms with Gasteiger partial charge in [-0.05, 0) is 110 Å². The van der Waals surface area contributed by atoms with Gasteiger partial charge >= 0.3 is 5.97 Å². The van der Waals surface area contributed by atoms with Crippen LogP contribution in [0.1, 0.15) is 73.6 Å². The number of hydrogen-bond acceptors (Lipinski definition) is 9. The van der Waals surface area contributed by atoms with E-state index < -0.39 is 30.6 Å². The highest BCUT2D eigenvalue weighted by molar-refractivity contribution is 5.91. The number of rotatable bonds is 17. The number of hydrogen-bond donors (Lipinski definition) is 2. The Bertz CT molecular complexity index is 1770. The summed E-state index contributed by atoms with van der Waals surface area (Å²) >= 11 is 0. The average Bonchev–Trinajstić information content (AvgIpc) is 3.21. The van der Waals surface area contributed by atoms with E-state index in [1.54, 1.807) is 58.6 Å². The van der Waals surface area contributed by atoms with Crippen molar-refractivity contribution in [2.75, 3.05) is 48.7 Å². The Morgan fingerprint density at radius 2 is 1.56 bits per heavy atom. The molecule has 3 aromatic rings. The van der Waals surface area contributed by atoms with E-state index >= 15 is 0 Å². The summed E-state index contributed by atoms with van der Waals surface area (Å²) in [5.74, 6) is 0.851. The molecule has 0 spiro atoms. The summed E-state index contributed by atoms with van der Waals surface area (Å²) in [4.78, 5) is 42.4. The second kappa shape index (κ2) is 19.1. The van der Waals surface area contributed by atoms with Crippen LogP contribution < -0.4 is 33.7 Å². The van der Waals surface area contributed by atoms with Gasteiger partial charge in [0.2, 0.25) is 17.6 Å². The number of aliphatic carboxylic acids is 1. The van der Waals surface area contributed by atoms with Gasteiger partial charge in [0.15, 0.2) is 29.6 Å². The number of carboxylic acids is 1. The summed E-state index contributed by atoms with van der Waals surface area (Å²) in [5.41, 5.74) is 2.47. The summed E-state index contributed by atoms with van der Waals surface area (Å²) in [6.07, 6.45) is 10.2. The molecule has 2 amide bonds. The molecule has 1 heterocycles. The molecule has 0 saturated carbocycles. The number of nitrogens with one attached hydrogen (secondary N) is 1. The van der Waals surface area contributed by atoms with E-state index in [0.717, 1.165) is 48.8 Å². The lowest BCUT2D eigenvalue weighted by Crippen LogP contribution is -2.54. The summed E-state index contributed by atoms with van der Waals surface area (Å²) in [6.45, 7) is -0.0440. The van der Waals surface area contributed by atoms with Crippen LogP contribution in [0.5, 0.6) is 34.5 Å². The van der Waals surface area contributed by atoms with Crippen LogP contribution in [0.3, 0.4) is 0 Å². The van der Waals surface area contributed by atoms with Crippen molar-refractivity contribution in [2.45, 2.75) is 69.4 Å². The fourth-order valence-electron chi connectivity index (χ4n) is 7.52. The summed E-state index contributed by atoms with van der Waals surface area (Å²) in [7, 11) is 7.82. The smallest absolute Gasteiger partial charge is 0.341 e. The molecule has 1 saturated heterocycles. The number of piperidine rings is 1. The molecular formula is C42H52N2O10. The van der Waals surface area contributed by atoms with Crippen LogP contribution in [-0.4, -0.2) is 82.5 Å². The van der Waals surface area contributed by atoms with Gasteiger partial charge in [-0.3, -0.25) is 9.59 Å². The maximum atomic E-state index is 14.9. The minimum absolute atomic E-state index is 0.0810. The number of ether oxygens (including phenoxy) is 6. The first-order valence-corrected chi connectivity index (χ1v) is 18.4. The molecule has 0 radical (unpaired) electrons. The summed E-state index contributed by atoms with van der Waals surface area (Å²) in [5, 5.41) is 12.5. The van der Waals surface area contributed by atoms with Crippen LogP contribution in [0.4, 0.5) is 0 Å². The molecule has 12 nitrogen and oxygen atoms in total. The molecule has 3 aromatic carbocycles. The Balaban J connectivity index is 1.46. The maximum absolute atomic E-state index is 14.9. The van der Waals surface area contributed by atoms with E-state index in [9.17, 15) is 19.5 Å². The molecule has 2 aliphatic rings. The molecule has 4 atom stereocenters. The fraction of sp³-hybridized carbons (Fsp3) is 0.452. The third-order valence-electron chi connectivity index (χ3n) is 10.2. The third-order valence-corrected chi connectivity index (χ3v) is 10.2. The van der Waals surface area contributed by atoms with E-state index in [2.05, 4.69) is 17.5 Å². The molecule has 0 bridgehead atoms. The summed E-state index contributed by atoms with van der Waals surface area (Å²) < 4.78 is 33.4. The summed E-state index contributed by atoms with van der Waals surface area (Å²) in [6, 6.07) is 15.3. The number of carboxylic acid groups (broad SMARTS) is 1. The van der Waals surface area contributed by atoms with Crippen molar-refractivity contribution >= 4 is 17.8 Å². The number of benzene rings is 3. The SMILES string of the molecule is COc1ccc(CCC(NC(=O)[C@@H]2CCCCN2C(=O)[C@H](c2cc(OC)c(OC)c(OC)c2)C2C=CCCC2)c2cccc(OCC(=O)O)c2)cc1OC. The quantitative estimate of drug-likeness (QED) is 0.147. The first kappa shape index (κ1) is 39.8. The van der Waals surface area contributed by atoms with Gasteiger partial charge in [0.1, 0.15) is 11.8 Å². The molecule has 2 N–H and O–H groups in total. The first-order chi connectivity index (χ1) is 26.2. The lowest BCUT2D eigenvalue weighted by molar-refractivity contribution is -0.144. The predicted molar refractivity (Wildman–Crippen MR) is 203 cm³/mol. The van der Waals surface area contributed by atoms with Crippen molar-refractivity contribution in [2.24, 2.45) is 5.92 Å². The van der Waals surface area contributed by atoms with Gasteiger partial charge < -0.3 is 43.7 Å². The number of allylic oxidation sites excluding steroid dienone is 2. The van der Waals surface area contributed by atoms with Gasteiger partial charge in [0.05, 0.1) is 47.5 Å². The predicted octanol–water partition coefficient (Wildman–Crippen LogP) is 6.50. The Labute approximate surface area is 317 Å². The normalized spacial score (nSPS) is 17.8. The fourth-order valence-corrected chi connectivity index (χ4v) is 7.52. The minimum Gasteiger partial charge on any atom is -0.493 e. The average molecular weight is 745 g/mol. The number of aryl methyl sites for hydroxylation is 1. The molecule has 5 rings (SSSR count). The van der Waals surface area contributed by atoms with Crippen LogP contribution in [0.2, 0.25) is 0 Å². The molecule has 1 aliphatic carbocycles. The Morgan fingerprint density at radius 3 is 2.20 bits per heavy atom. The van der Waals surface area contributed by atoms with Gasteiger partial charge in [-0.15, -0.1) is 0 Å².